The van der Waals surface area contributed by atoms with Crippen LogP contribution in [0.4, 0.5) is 5.69 Å². The fourth-order valence-corrected chi connectivity index (χ4v) is 5.90. The van der Waals surface area contributed by atoms with Crippen LogP contribution in [0.5, 0.6) is 5.75 Å². The van der Waals surface area contributed by atoms with Gasteiger partial charge in [-0.2, -0.15) is 0 Å². The van der Waals surface area contributed by atoms with Crippen LogP contribution >= 0.6 is 0 Å². The Morgan fingerprint density at radius 3 is 2.38 bits per heavy atom. The van der Waals surface area contributed by atoms with E-state index >= 15 is 0 Å². The van der Waals surface area contributed by atoms with Gasteiger partial charge in [-0.1, -0.05) is 6.07 Å². The zero-order chi connectivity index (χ0) is 25.5. The molecule has 0 atom stereocenters. The van der Waals surface area contributed by atoms with Gasteiger partial charge in [-0.25, -0.2) is 4.98 Å². The lowest BCUT2D eigenvalue weighted by molar-refractivity contribution is 0.0337. The number of morpholine rings is 1. The molecule has 2 saturated heterocycles. The molecule has 0 bridgehead atoms. The van der Waals surface area contributed by atoms with Gasteiger partial charge in [-0.05, 0) is 74.2 Å². The second kappa shape index (κ2) is 10.1. The van der Waals surface area contributed by atoms with Crippen LogP contribution in [0.1, 0.15) is 36.5 Å². The maximum absolute atomic E-state index is 6.23. The number of fused-ring (bicyclic) bond motifs is 3. The molecule has 196 valence electrons. The van der Waals surface area contributed by atoms with Crippen molar-refractivity contribution in [3.05, 3.63) is 59.2 Å². The number of ether oxygens (including phenoxy) is 2. The topological polar surface area (TPSA) is 46.0 Å². The molecule has 4 heterocycles. The molecule has 0 N–H and O–H groups in total. The Labute approximate surface area is 220 Å². The Kier molecular flexibility index (Phi) is 6.69. The second-order valence-corrected chi connectivity index (χ2v) is 10.9. The lowest BCUT2D eigenvalue weighted by atomic mass is 9.95. The van der Waals surface area contributed by atoms with E-state index in [0.29, 0.717) is 12.6 Å². The van der Waals surface area contributed by atoms with Crippen LogP contribution < -0.4 is 9.64 Å². The highest BCUT2D eigenvalue weighted by Gasteiger charge is 2.24. The average molecular weight is 502 g/mol. The highest BCUT2D eigenvalue weighted by atomic mass is 16.5. The Morgan fingerprint density at radius 1 is 0.892 bits per heavy atom. The maximum Gasteiger partial charge on any atom is 0.151 e. The summed E-state index contributed by atoms with van der Waals surface area (Å²) >= 11 is 0. The SMILES string of the molecule is Cc1cc(N2CCN(C(C)C)CC2)ccc1-c1cc2c(cc1C)-n1cc(CN3CCOCC3)nc1CO2. The molecule has 6 rings (SSSR count). The maximum atomic E-state index is 6.23. The standard InChI is InChI=1S/C30H39N5O2/c1-21(2)33-7-9-34(10-8-33)25-5-6-26(22(3)15-25)27-17-29-28(16-23(27)4)35-19-24(31-30(35)20-37-29)18-32-11-13-36-14-12-32/h5-6,15-17,19,21H,7-14,18,20H2,1-4H3. The number of aryl methyl sites for hydroxylation is 2. The number of hydrogen-bond acceptors (Lipinski definition) is 6. The van der Waals surface area contributed by atoms with E-state index in [1.54, 1.807) is 0 Å². The summed E-state index contributed by atoms with van der Waals surface area (Å²) in [4.78, 5) is 12.4. The Hall–Kier alpha value is -2.87. The predicted molar refractivity (Wildman–Crippen MR) is 148 cm³/mol. The molecule has 3 aromatic rings. The number of aromatic nitrogens is 2. The summed E-state index contributed by atoms with van der Waals surface area (Å²) in [6, 6.07) is 12.0. The normalized spacial score (nSPS) is 18.6. The number of anilines is 1. The van der Waals surface area contributed by atoms with E-state index in [-0.39, 0.29) is 0 Å². The second-order valence-electron chi connectivity index (χ2n) is 10.9. The average Bonchev–Trinajstić information content (AvgIpc) is 3.32. The highest BCUT2D eigenvalue weighted by Crippen LogP contribution is 2.38. The van der Waals surface area contributed by atoms with Crippen LogP contribution in [0.2, 0.25) is 0 Å². The van der Waals surface area contributed by atoms with Crippen molar-refractivity contribution in [3.8, 4) is 22.6 Å². The van der Waals surface area contributed by atoms with Crippen molar-refractivity contribution in [3.63, 3.8) is 0 Å². The third-order valence-corrected chi connectivity index (χ3v) is 8.15. The Morgan fingerprint density at radius 2 is 1.65 bits per heavy atom. The van der Waals surface area contributed by atoms with Crippen LogP contribution in [0.15, 0.2) is 36.5 Å². The molecule has 0 radical (unpaired) electrons. The summed E-state index contributed by atoms with van der Waals surface area (Å²) in [5.74, 6) is 1.90. The van der Waals surface area contributed by atoms with Crippen molar-refractivity contribution in [2.75, 3.05) is 57.4 Å². The van der Waals surface area contributed by atoms with E-state index in [0.717, 1.165) is 82.0 Å². The molecule has 2 fully saturated rings. The fraction of sp³-hybridized carbons (Fsp3) is 0.500. The summed E-state index contributed by atoms with van der Waals surface area (Å²) < 4.78 is 13.9. The summed E-state index contributed by atoms with van der Waals surface area (Å²) in [6.07, 6.45) is 2.18. The monoisotopic (exact) mass is 501 g/mol. The van der Waals surface area contributed by atoms with Gasteiger partial charge in [0.1, 0.15) is 12.4 Å². The zero-order valence-corrected chi connectivity index (χ0v) is 22.7. The fourth-order valence-electron chi connectivity index (χ4n) is 5.90. The third-order valence-electron chi connectivity index (χ3n) is 8.15. The summed E-state index contributed by atoms with van der Waals surface area (Å²) in [6.45, 7) is 18.3. The van der Waals surface area contributed by atoms with Crippen LogP contribution in [-0.4, -0.2) is 77.9 Å². The molecular weight excluding hydrogens is 462 g/mol. The molecule has 0 unspecified atom stereocenters. The van der Waals surface area contributed by atoms with Gasteiger partial charge < -0.3 is 14.4 Å². The van der Waals surface area contributed by atoms with E-state index in [1.165, 1.54) is 27.9 Å². The van der Waals surface area contributed by atoms with E-state index in [9.17, 15) is 0 Å². The van der Waals surface area contributed by atoms with Gasteiger partial charge in [0, 0.05) is 63.7 Å². The lowest BCUT2D eigenvalue weighted by Gasteiger charge is -2.38. The molecule has 3 aliphatic heterocycles. The van der Waals surface area contributed by atoms with E-state index in [2.05, 4.69) is 83.5 Å². The van der Waals surface area contributed by atoms with Crippen LogP contribution in [0.25, 0.3) is 16.8 Å². The number of hydrogen-bond donors (Lipinski definition) is 0. The summed E-state index contributed by atoms with van der Waals surface area (Å²) in [7, 11) is 0. The molecule has 7 heteroatoms. The van der Waals surface area contributed by atoms with Crippen molar-refractivity contribution in [1.29, 1.82) is 0 Å². The van der Waals surface area contributed by atoms with Crippen molar-refractivity contribution >= 4 is 5.69 Å². The van der Waals surface area contributed by atoms with Crippen molar-refractivity contribution in [2.24, 2.45) is 0 Å². The minimum atomic E-state index is 0.499. The van der Waals surface area contributed by atoms with Crippen LogP contribution in [0.3, 0.4) is 0 Å². The molecule has 0 saturated carbocycles. The number of rotatable bonds is 5. The minimum Gasteiger partial charge on any atom is -0.483 e. The summed E-state index contributed by atoms with van der Waals surface area (Å²) in [5.41, 5.74) is 8.57. The van der Waals surface area contributed by atoms with Gasteiger partial charge >= 0.3 is 0 Å². The Bertz CT molecular complexity index is 1270. The molecule has 3 aliphatic rings. The largest absolute Gasteiger partial charge is 0.483 e. The molecule has 7 nitrogen and oxygen atoms in total. The summed E-state index contributed by atoms with van der Waals surface area (Å²) in [5, 5.41) is 0. The molecule has 0 amide bonds. The van der Waals surface area contributed by atoms with Gasteiger partial charge in [0.05, 0.1) is 24.6 Å². The van der Waals surface area contributed by atoms with Gasteiger partial charge in [-0.15, -0.1) is 0 Å². The molecule has 1 aromatic heterocycles. The molecule has 37 heavy (non-hydrogen) atoms. The third kappa shape index (κ3) is 4.88. The van der Waals surface area contributed by atoms with Gasteiger partial charge in [-0.3, -0.25) is 14.4 Å². The van der Waals surface area contributed by atoms with Crippen molar-refractivity contribution < 1.29 is 9.47 Å². The lowest BCUT2D eigenvalue weighted by Crippen LogP contribution is -2.48. The first-order valence-corrected chi connectivity index (χ1v) is 13.7. The number of nitrogens with zero attached hydrogens (tertiary/aromatic N) is 5. The zero-order valence-electron chi connectivity index (χ0n) is 22.7. The van der Waals surface area contributed by atoms with Gasteiger partial charge in [0.2, 0.25) is 0 Å². The molecule has 2 aromatic carbocycles. The van der Waals surface area contributed by atoms with Gasteiger partial charge in [0.25, 0.3) is 0 Å². The van der Waals surface area contributed by atoms with E-state index in [1.807, 2.05) is 0 Å². The quantitative estimate of drug-likeness (QED) is 0.516. The smallest absolute Gasteiger partial charge is 0.151 e. The van der Waals surface area contributed by atoms with Gasteiger partial charge in [0.15, 0.2) is 5.82 Å². The van der Waals surface area contributed by atoms with Crippen LogP contribution in [0, 0.1) is 13.8 Å². The molecule has 0 aliphatic carbocycles. The first-order valence-electron chi connectivity index (χ1n) is 13.7. The van der Waals surface area contributed by atoms with Crippen LogP contribution in [-0.2, 0) is 17.9 Å². The number of imidazole rings is 1. The number of piperazine rings is 1. The first kappa shape index (κ1) is 24.5. The first-order chi connectivity index (χ1) is 18.0. The molecule has 0 spiro atoms. The minimum absolute atomic E-state index is 0.499. The number of benzene rings is 2. The molecular formula is C30H39N5O2. The Balaban J connectivity index is 1.23. The van der Waals surface area contributed by atoms with Crippen molar-refractivity contribution in [2.45, 2.75) is 46.9 Å². The van der Waals surface area contributed by atoms with E-state index < -0.39 is 0 Å². The highest BCUT2D eigenvalue weighted by molar-refractivity contribution is 5.76. The van der Waals surface area contributed by atoms with E-state index in [4.69, 9.17) is 14.5 Å². The van der Waals surface area contributed by atoms with Crippen molar-refractivity contribution in [1.82, 2.24) is 19.4 Å². The predicted octanol–water partition coefficient (Wildman–Crippen LogP) is 4.41.